The minimum atomic E-state index is -0.422. The van der Waals surface area contributed by atoms with Gasteiger partial charge in [0.2, 0.25) is 0 Å². The van der Waals surface area contributed by atoms with E-state index in [1.807, 2.05) is 85.9 Å². The number of likely N-dealkylation sites (N-methyl/N-ethyl adjacent to an activating group) is 1. The van der Waals surface area contributed by atoms with Gasteiger partial charge >= 0.3 is 6.09 Å². The summed E-state index contributed by atoms with van der Waals surface area (Å²) < 4.78 is 5.75. The van der Waals surface area contributed by atoms with Crippen LogP contribution in [0.25, 0.3) is 11.1 Å². The molecule has 1 fully saturated rings. The number of carbonyl (C=O) groups excluding carboxylic acids is 2. The lowest BCUT2D eigenvalue weighted by molar-refractivity contribution is 0.0540. The van der Waals surface area contributed by atoms with Gasteiger partial charge in [0.15, 0.2) is 0 Å². The van der Waals surface area contributed by atoms with Gasteiger partial charge in [-0.15, -0.1) is 0 Å². The first-order valence-electron chi connectivity index (χ1n) is 13.8. The molecule has 4 rings (SSSR count). The van der Waals surface area contributed by atoms with Crippen LogP contribution in [0.2, 0.25) is 0 Å². The van der Waals surface area contributed by atoms with E-state index in [1.54, 1.807) is 4.90 Å². The van der Waals surface area contributed by atoms with E-state index in [2.05, 4.69) is 29.1 Å². The zero-order chi connectivity index (χ0) is 27.6. The first kappa shape index (κ1) is 28.3. The molecule has 0 aliphatic carbocycles. The maximum Gasteiger partial charge on any atom is 0.411 e. The minimum Gasteiger partial charge on any atom is -0.446 e. The van der Waals surface area contributed by atoms with Crippen molar-refractivity contribution < 1.29 is 14.3 Å². The first-order valence-corrected chi connectivity index (χ1v) is 13.8. The van der Waals surface area contributed by atoms with Crippen LogP contribution in [0.5, 0.6) is 0 Å². The summed E-state index contributed by atoms with van der Waals surface area (Å²) in [6.45, 7) is 7.12. The van der Waals surface area contributed by atoms with Crippen LogP contribution in [0, 0.1) is 0 Å². The number of carbonyl (C=O) groups is 2. The van der Waals surface area contributed by atoms with Gasteiger partial charge in [0.1, 0.15) is 6.10 Å². The highest BCUT2D eigenvalue weighted by Crippen LogP contribution is 2.28. The number of anilines is 1. The maximum absolute atomic E-state index is 12.9. The van der Waals surface area contributed by atoms with E-state index < -0.39 is 6.09 Å². The van der Waals surface area contributed by atoms with Gasteiger partial charge in [-0.1, -0.05) is 67.6 Å². The van der Waals surface area contributed by atoms with Gasteiger partial charge in [-0.25, -0.2) is 4.79 Å². The molecule has 0 aromatic heterocycles. The van der Waals surface area contributed by atoms with Crippen LogP contribution in [-0.2, 0) is 11.3 Å². The number of rotatable bonds is 10. The molecule has 2 amide bonds. The van der Waals surface area contributed by atoms with Gasteiger partial charge in [0, 0.05) is 50.9 Å². The summed E-state index contributed by atoms with van der Waals surface area (Å²) in [5.41, 5.74) is 4.66. The Morgan fingerprint density at radius 1 is 0.923 bits per heavy atom. The highest BCUT2D eigenvalue weighted by atomic mass is 16.6. The zero-order valence-electron chi connectivity index (χ0n) is 23.3. The smallest absolute Gasteiger partial charge is 0.411 e. The Morgan fingerprint density at radius 3 is 2.28 bits per heavy atom. The number of hydrogen-bond donors (Lipinski definition) is 1. The van der Waals surface area contributed by atoms with E-state index >= 15 is 0 Å². The third-order valence-electron chi connectivity index (χ3n) is 7.35. The summed E-state index contributed by atoms with van der Waals surface area (Å²) in [6, 6.07) is 25.7. The SMILES string of the molecule is CCN(C)Cc1ccc(C(=O)N(C)CCN2CCC(OC(=O)Nc3ccccc3-c3ccccc3)CC2)cc1. The predicted molar refractivity (Wildman–Crippen MR) is 157 cm³/mol. The van der Waals surface area contributed by atoms with E-state index in [0.29, 0.717) is 12.1 Å². The fraction of sp³-hybridized carbons (Fsp3) is 0.375. The van der Waals surface area contributed by atoms with Crippen molar-refractivity contribution in [1.29, 1.82) is 0 Å². The summed E-state index contributed by atoms with van der Waals surface area (Å²) in [7, 11) is 3.94. The van der Waals surface area contributed by atoms with Crippen molar-refractivity contribution >= 4 is 17.7 Å². The molecule has 3 aromatic rings. The predicted octanol–water partition coefficient (Wildman–Crippen LogP) is 5.59. The molecular formula is C32H40N4O3. The van der Waals surface area contributed by atoms with Crippen LogP contribution in [-0.4, -0.2) is 79.6 Å². The summed E-state index contributed by atoms with van der Waals surface area (Å²) in [5, 5.41) is 2.93. The average molecular weight is 529 g/mol. The van der Waals surface area contributed by atoms with Crippen molar-refractivity contribution in [1.82, 2.24) is 14.7 Å². The fourth-order valence-electron chi connectivity index (χ4n) is 4.79. The first-order chi connectivity index (χ1) is 18.9. The Bertz CT molecular complexity index is 1210. The van der Waals surface area contributed by atoms with Crippen LogP contribution in [0.4, 0.5) is 10.5 Å². The number of ether oxygens (including phenoxy) is 1. The van der Waals surface area contributed by atoms with Crippen LogP contribution in [0.1, 0.15) is 35.7 Å². The van der Waals surface area contributed by atoms with Crippen molar-refractivity contribution in [3.8, 4) is 11.1 Å². The van der Waals surface area contributed by atoms with Crippen molar-refractivity contribution in [2.24, 2.45) is 0 Å². The molecule has 0 unspecified atom stereocenters. The number of para-hydroxylation sites is 1. The molecule has 7 heteroatoms. The van der Waals surface area contributed by atoms with Crippen molar-refractivity contribution in [2.45, 2.75) is 32.4 Å². The molecule has 39 heavy (non-hydrogen) atoms. The van der Waals surface area contributed by atoms with Gasteiger partial charge in [-0.05, 0) is 55.8 Å². The number of nitrogens with one attached hydrogen (secondary N) is 1. The van der Waals surface area contributed by atoms with Crippen molar-refractivity contribution in [3.63, 3.8) is 0 Å². The topological polar surface area (TPSA) is 65.1 Å². The standard InChI is InChI=1S/C32H40N4O3/c1-4-34(2)24-25-14-16-27(17-15-25)31(37)35(3)22-23-36-20-18-28(19-21-36)39-32(38)33-30-13-9-8-12-29(30)26-10-6-5-7-11-26/h5-17,28H,4,18-24H2,1-3H3,(H,33,38). The van der Waals surface area contributed by atoms with E-state index in [-0.39, 0.29) is 12.0 Å². The van der Waals surface area contributed by atoms with Gasteiger partial charge in [-0.3, -0.25) is 10.1 Å². The Morgan fingerprint density at radius 2 is 1.59 bits per heavy atom. The number of benzene rings is 3. The summed E-state index contributed by atoms with van der Waals surface area (Å²) >= 11 is 0. The summed E-state index contributed by atoms with van der Waals surface area (Å²) in [4.78, 5) is 31.9. The second-order valence-electron chi connectivity index (χ2n) is 10.2. The molecule has 0 bridgehead atoms. The third-order valence-corrected chi connectivity index (χ3v) is 7.35. The number of nitrogens with zero attached hydrogens (tertiary/aromatic N) is 3. The van der Waals surface area contributed by atoms with Crippen LogP contribution >= 0.6 is 0 Å². The van der Waals surface area contributed by atoms with E-state index in [1.165, 1.54) is 5.56 Å². The number of likely N-dealkylation sites (tertiary alicyclic amines) is 1. The largest absolute Gasteiger partial charge is 0.446 e. The molecule has 0 spiro atoms. The molecule has 0 radical (unpaired) electrons. The van der Waals surface area contributed by atoms with Crippen LogP contribution < -0.4 is 5.32 Å². The quantitative estimate of drug-likeness (QED) is 0.372. The molecule has 1 aliphatic rings. The number of amides is 2. The molecule has 206 valence electrons. The Kier molecular flexibility index (Phi) is 10.1. The summed E-state index contributed by atoms with van der Waals surface area (Å²) in [6.07, 6.45) is 1.02. The van der Waals surface area contributed by atoms with Crippen molar-refractivity contribution in [3.05, 3.63) is 90.0 Å². The molecule has 1 aliphatic heterocycles. The summed E-state index contributed by atoms with van der Waals surface area (Å²) in [5.74, 6) is 0.0380. The normalized spacial score (nSPS) is 14.3. The molecular weight excluding hydrogens is 488 g/mol. The average Bonchev–Trinajstić information content (AvgIpc) is 2.97. The van der Waals surface area contributed by atoms with Crippen LogP contribution in [0.15, 0.2) is 78.9 Å². The van der Waals surface area contributed by atoms with Gasteiger partial charge in [-0.2, -0.15) is 0 Å². The second kappa shape index (κ2) is 13.9. The lowest BCUT2D eigenvalue weighted by Crippen LogP contribution is -2.42. The highest BCUT2D eigenvalue weighted by Gasteiger charge is 2.23. The van der Waals surface area contributed by atoms with Gasteiger partial charge in [0.05, 0.1) is 5.69 Å². The Labute approximate surface area is 232 Å². The molecule has 3 aromatic carbocycles. The van der Waals surface area contributed by atoms with E-state index in [0.717, 1.165) is 62.4 Å². The third kappa shape index (κ3) is 8.15. The molecule has 1 heterocycles. The molecule has 1 saturated heterocycles. The van der Waals surface area contributed by atoms with Gasteiger partial charge in [0.25, 0.3) is 5.91 Å². The van der Waals surface area contributed by atoms with E-state index in [4.69, 9.17) is 4.74 Å². The molecule has 0 saturated carbocycles. The Balaban J connectivity index is 1.19. The maximum atomic E-state index is 12.9. The van der Waals surface area contributed by atoms with Crippen LogP contribution in [0.3, 0.4) is 0 Å². The van der Waals surface area contributed by atoms with E-state index in [9.17, 15) is 9.59 Å². The fourth-order valence-corrected chi connectivity index (χ4v) is 4.79. The number of hydrogen-bond acceptors (Lipinski definition) is 5. The second-order valence-corrected chi connectivity index (χ2v) is 10.2. The lowest BCUT2D eigenvalue weighted by Gasteiger charge is -2.32. The highest BCUT2D eigenvalue weighted by molar-refractivity contribution is 5.94. The zero-order valence-corrected chi connectivity index (χ0v) is 23.3. The molecule has 1 N–H and O–H groups in total. The number of piperidine rings is 1. The lowest BCUT2D eigenvalue weighted by atomic mass is 10.0. The molecule has 7 nitrogen and oxygen atoms in total. The van der Waals surface area contributed by atoms with Crippen molar-refractivity contribution in [2.75, 3.05) is 52.1 Å². The monoisotopic (exact) mass is 528 g/mol. The molecule has 0 atom stereocenters. The minimum absolute atomic E-state index is 0.0380. The Hall–Kier alpha value is -3.68. The van der Waals surface area contributed by atoms with Gasteiger partial charge < -0.3 is 19.4 Å².